The van der Waals surface area contributed by atoms with Crippen molar-refractivity contribution in [2.75, 3.05) is 19.6 Å². The van der Waals surface area contributed by atoms with Crippen molar-refractivity contribution in [3.05, 3.63) is 35.4 Å². The summed E-state index contributed by atoms with van der Waals surface area (Å²) >= 11 is 0. The molecule has 1 fully saturated rings. The number of hydrogen-bond acceptors (Lipinski definition) is 2. The summed E-state index contributed by atoms with van der Waals surface area (Å²) in [6, 6.07) is 8.91. The van der Waals surface area contributed by atoms with Crippen LogP contribution >= 0.6 is 0 Å². The van der Waals surface area contributed by atoms with E-state index < -0.39 is 0 Å². The van der Waals surface area contributed by atoms with Gasteiger partial charge in [0.05, 0.1) is 0 Å². The summed E-state index contributed by atoms with van der Waals surface area (Å²) in [6.07, 6.45) is 7.10. The van der Waals surface area contributed by atoms with E-state index in [1.54, 1.807) is 0 Å². The number of benzene rings is 1. The van der Waals surface area contributed by atoms with E-state index in [0.717, 1.165) is 25.6 Å². The first-order valence-electron chi connectivity index (χ1n) is 7.76. The summed E-state index contributed by atoms with van der Waals surface area (Å²) in [5.74, 6) is 0.894. The van der Waals surface area contributed by atoms with Gasteiger partial charge >= 0.3 is 0 Å². The van der Waals surface area contributed by atoms with E-state index in [4.69, 9.17) is 5.73 Å². The molecule has 0 spiro atoms. The van der Waals surface area contributed by atoms with Crippen LogP contribution in [0, 0.1) is 12.8 Å². The highest BCUT2D eigenvalue weighted by Crippen LogP contribution is 2.24. The average Bonchev–Trinajstić information content (AvgIpc) is 2.43. The minimum Gasteiger partial charge on any atom is -0.329 e. The molecule has 2 N–H and O–H groups in total. The molecular weight excluding hydrogens is 232 g/mol. The summed E-state index contributed by atoms with van der Waals surface area (Å²) < 4.78 is 0. The Morgan fingerprint density at radius 1 is 1.11 bits per heavy atom. The third-order valence-corrected chi connectivity index (χ3v) is 4.21. The standard InChI is InChI=1S/C17H28N2/c1-15-7-9-17(10-8-15)14-19(12-11-18)13-16-5-3-2-4-6-16/h7-10,16H,2-6,11-14,18H2,1H3. The Morgan fingerprint density at radius 2 is 1.79 bits per heavy atom. The number of rotatable bonds is 6. The zero-order valence-corrected chi connectivity index (χ0v) is 12.3. The fourth-order valence-corrected chi connectivity index (χ4v) is 3.10. The fourth-order valence-electron chi connectivity index (χ4n) is 3.10. The van der Waals surface area contributed by atoms with Gasteiger partial charge in [-0.15, -0.1) is 0 Å². The van der Waals surface area contributed by atoms with Gasteiger partial charge in [0.25, 0.3) is 0 Å². The largest absolute Gasteiger partial charge is 0.329 e. The molecule has 19 heavy (non-hydrogen) atoms. The molecule has 1 saturated carbocycles. The lowest BCUT2D eigenvalue weighted by atomic mass is 9.89. The Labute approximate surface area is 118 Å². The number of nitrogens with two attached hydrogens (primary N) is 1. The minimum absolute atomic E-state index is 0.762. The van der Waals surface area contributed by atoms with Crippen molar-refractivity contribution in [1.82, 2.24) is 4.90 Å². The second kappa shape index (κ2) is 7.66. The lowest BCUT2D eigenvalue weighted by molar-refractivity contribution is 0.198. The number of aryl methyl sites for hydroxylation is 1. The van der Waals surface area contributed by atoms with Crippen LogP contribution in [-0.4, -0.2) is 24.5 Å². The Kier molecular flexibility index (Phi) is 5.87. The van der Waals surface area contributed by atoms with Crippen molar-refractivity contribution >= 4 is 0 Å². The van der Waals surface area contributed by atoms with Crippen LogP contribution in [0.5, 0.6) is 0 Å². The van der Waals surface area contributed by atoms with E-state index in [2.05, 4.69) is 36.1 Å². The first-order valence-corrected chi connectivity index (χ1v) is 7.76. The van der Waals surface area contributed by atoms with Crippen LogP contribution in [0.2, 0.25) is 0 Å². The third kappa shape index (κ3) is 4.96. The maximum Gasteiger partial charge on any atom is 0.0234 e. The zero-order valence-electron chi connectivity index (χ0n) is 12.3. The van der Waals surface area contributed by atoms with Gasteiger partial charge in [0.1, 0.15) is 0 Å². The van der Waals surface area contributed by atoms with Crippen LogP contribution in [0.1, 0.15) is 43.2 Å². The zero-order chi connectivity index (χ0) is 13.5. The summed E-state index contributed by atoms with van der Waals surface area (Å²) in [5, 5.41) is 0. The second-order valence-corrected chi connectivity index (χ2v) is 6.01. The van der Waals surface area contributed by atoms with E-state index >= 15 is 0 Å². The van der Waals surface area contributed by atoms with Gasteiger partial charge in [0, 0.05) is 26.2 Å². The molecule has 0 amide bonds. The molecule has 1 aliphatic carbocycles. The van der Waals surface area contributed by atoms with Gasteiger partial charge in [0.15, 0.2) is 0 Å². The molecule has 0 saturated heterocycles. The average molecular weight is 260 g/mol. The quantitative estimate of drug-likeness (QED) is 0.850. The summed E-state index contributed by atoms with van der Waals surface area (Å²) in [6.45, 7) is 6.20. The van der Waals surface area contributed by atoms with Gasteiger partial charge in [-0.2, -0.15) is 0 Å². The first kappa shape index (κ1) is 14.5. The summed E-state index contributed by atoms with van der Waals surface area (Å²) in [5.41, 5.74) is 8.52. The molecule has 0 aromatic heterocycles. The van der Waals surface area contributed by atoms with E-state index in [9.17, 15) is 0 Å². The predicted octanol–water partition coefficient (Wildman–Crippen LogP) is 3.34. The van der Waals surface area contributed by atoms with Crippen LogP contribution in [0.3, 0.4) is 0 Å². The molecule has 1 aliphatic rings. The van der Waals surface area contributed by atoms with Crippen LogP contribution in [0.4, 0.5) is 0 Å². The van der Waals surface area contributed by atoms with E-state index in [-0.39, 0.29) is 0 Å². The number of hydrogen-bond donors (Lipinski definition) is 1. The smallest absolute Gasteiger partial charge is 0.0234 e. The molecule has 2 heteroatoms. The van der Waals surface area contributed by atoms with Crippen molar-refractivity contribution < 1.29 is 0 Å². The minimum atomic E-state index is 0.762. The molecular formula is C17H28N2. The predicted molar refractivity (Wildman–Crippen MR) is 82.1 cm³/mol. The normalized spacial score (nSPS) is 17.0. The summed E-state index contributed by atoms with van der Waals surface area (Å²) in [7, 11) is 0. The van der Waals surface area contributed by atoms with Crippen molar-refractivity contribution in [3.8, 4) is 0 Å². The molecule has 0 bridgehead atoms. The maximum absolute atomic E-state index is 5.77. The number of nitrogens with zero attached hydrogens (tertiary/aromatic N) is 1. The lowest BCUT2D eigenvalue weighted by Gasteiger charge is -2.29. The molecule has 0 radical (unpaired) electrons. The molecule has 0 aliphatic heterocycles. The van der Waals surface area contributed by atoms with Crippen LogP contribution < -0.4 is 5.73 Å². The molecule has 1 aromatic rings. The Hall–Kier alpha value is -0.860. The van der Waals surface area contributed by atoms with Gasteiger partial charge < -0.3 is 5.73 Å². The summed E-state index contributed by atoms with van der Waals surface area (Å²) in [4.78, 5) is 2.54. The van der Waals surface area contributed by atoms with Gasteiger partial charge in [-0.1, -0.05) is 49.1 Å². The van der Waals surface area contributed by atoms with Gasteiger partial charge in [-0.05, 0) is 31.2 Å². The van der Waals surface area contributed by atoms with Gasteiger partial charge in [0.2, 0.25) is 0 Å². The van der Waals surface area contributed by atoms with Crippen LogP contribution in [-0.2, 0) is 6.54 Å². The van der Waals surface area contributed by atoms with Crippen molar-refractivity contribution in [1.29, 1.82) is 0 Å². The molecule has 0 unspecified atom stereocenters. The SMILES string of the molecule is Cc1ccc(CN(CCN)CC2CCCCC2)cc1. The van der Waals surface area contributed by atoms with Crippen molar-refractivity contribution in [2.45, 2.75) is 45.6 Å². The monoisotopic (exact) mass is 260 g/mol. The Morgan fingerprint density at radius 3 is 2.42 bits per heavy atom. The molecule has 2 nitrogen and oxygen atoms in total. The van der Waals surface area contributed by atoms with E-state index in [1.165, 1.54) is 49.8 Å². The van der Waals surface area contributed by atoms with Gasteiger partial charge in [-0.25, -0.2) is 0 Å². The van der Waals surface area contributed by atoms with Crippen LogP contribution in [0.25, 0.3) is 0 Å². The molecule has 0 heterocycles. The fraction of sp³-hybridized carbons (Fsp3) is 0.647. The molecule has 1 aromatic carbocycles. The highest BCUT2D eigenvalue weighted by Gasteiger charge is 2.17. The van der Waals surface area contributed by atoms with Crippen molar-refractivity contribution in [3.63, 3.8) is 0 Å². The van der Waals surface area contributed by atoms with Crippen LogP contribution in [0.15, 0.2) is 24.3 Å². The van der Waals surface area contributed by atoms with Crippen molar-refractivity contribution in [2.24, 2.45) is 11.7 Å². The highest BCUT2D eigenvalue weighted by molar-refractivity contribution is 5.21. The second-order valence-electron chi connectivity index (χ2n) is 6.01. The van der Waals surface area contributed by atoms with E-state index in [0.29, 0.717) is 0 Å². The Bertz CT molecular complexity index is 352. The Balaban J connectivity index is 1.89. The molecule has 106 valence electrons. The maximum atomic E-state index is 5.77. The van der Waals surface area contributed by atoms with E-state index in [1.807, 2.05) is 0 Å². The lowest BCUT2D eigenvalue weighted by Crippen LogP contribution is -2.34. The first-order chi connectivity index (χ1) is 9.28. The third-order valence-electron chi connectivity index (χ3n) is 4.21. The molecule has 0 atom stereocenters. The topological polar surface area (TPSA) is 29.3 Å². The van der Waals surface area contributed by atoms with Gasteiger partial charge in [-0.3, -0.25) is 4.90 Å². The highest BCUT2D eigenvalue weighted by atomic mass is 15.1. The molecule has 2 rings (SSSR count).